The Labute approximate surface area is 471 Å². The Morgan fingerprint density at radius 3 is 1.84 bits per heavy atom. The number of esters is 4. The van der Waals surface area contributed by atoms with Gasteiger partial charge >= 0.3 is 42.0 Å². The van der Waals surface area contributed by atoms with Crippen LogP contribution in [0.25, 0.3) is 11.1 Å². The summed E-state index contributed by atoms with van der Waals surface area (Å²) >= 11 is 0. The van der Waals surface area contributed by atoms with Gasteiger partial charge in [-0.2, -0.15) is 0 Å². The van der Waals surface area contributed by atoms with Crippen LogP contribution < -0.4 is 15.4 Å². The number of aliphatic carboxylic acids is 1. The average molecular weight is 1130 g/mol. The maximum atomic E-state index is 14.3. The Balaban J connectivity index is 1.42. The van der Waals surface area contributed by atoms with E-state index >= 15 is 0 Å². The molecule has 1 aliphatic heterocycles. The van der Waals surface area contributed by atoms with Gasteiger partial charge in [0.25, 0.3) is 0 Å². The summed E-state index contributed by atoms with van der Waals surface area (Å²) < 4.78 is 50.9. The van der Waals surface area contributed by atoms with Crippen molar-refractivity contribution in [2.75, 3.05) is 34.9 Å². The Morgan fingerprint density at radius 2 is 1.31 bits per heavy atom. The minimum absolute atomic E-state index is 0.0222. The molecule has 1 fully saturated rings. The highest BCUT2D eigenvalue weighted by Gasteiger charge is 2.56. The molecule has 23 heteroatoms. The molecule has 81 heavy (non-hydrogen) atoms. The Morgan fingerprint density at radius 1 is 0.728 bits per heavy atom. The van der Waals surface area contributed by atoms with Crippen LogP contribution in [0.1, 0.15) is 103 Å². The number of carbonyl (C=O) groups excluding carboxylic acids is 8. The van der Waals surface area contributed by atoms with Crippen molar-refractivity contribution in [3.8, 4) is 16.9 Å². The fraction of sp³-hybridized carbons (Fsp3) is 0.534. The molecule has 0 radical (unpaired) electrons. The summed E-state index contributed by atoms with van der Waals surface area (Å²) in [6.45, 7) is 13.1. The minimum Gasteiger partial charge on any atom is -0.481 e. The number of nitrogens with zero attached hydrogens (tertiary/aromatic N) is 2. The van der Waals surface area contributed by atoms with Gasteiger partial charge in [-0.1, -0.05) is 103 Å². The Kier molecular flexibility index (Phi) is 23.0. The lowest BCUT2D eigenvalue weighted by atomic mass is 9.90. The molecule has 1 aliphatic carbocycles. The maximum Gasteiger partial charge on any atom is 0.410 e. The van der Waals surface area contributed by atoms with Gasteiger partial charge in [0.15, 0.2) is 18.3 Å². The highest BCUT2D eigenvalue weighted by Crippen LogP contribution is 2.44. The van der Waals surface area contributed by atoms with Gasteiger partial charge in [0.2, 0.25) is 24.2 Å². The van der Waals surface area contributed by atoms with Crippen molar-refractivity contribution < 1.29 is 90.9 Å². The van der Waals surface area contributed by atoms with Crippen molar-refractivity contribution >= 4 is 53.8 Å². The number of amides is 4. The molecule has 3 aromatic carbocycles. The molecule has 10 atom stereocenters. The first-order chi connectivity index (χ1) is 38.3. The monoisotopic (exact) mass is 1130 g/mol. The summed E-state index contributed by atoms with van der Waals surface area (Å²) in [5.41, 5.74) is 4.55. The van der Waals surface area contributed by atoms with E-state index in [-0.39, 0.29) is 42.7 Å². The fourth-order valence-corrected chi connectivity index (χ4v) is 10.3. The first-order valence-corrected chi connectivity index (χ1v) is 26.7. The van der Waals surface area contributed by atoms with Crippen molar-refractivity contribution in [2.45, 2.75) is 149 Å². The zero-order chi connectivity index (χ0) is 60.0. The molecule has 0 spiro atoms. The van der Waals surface area contributed by atoms with Crippen molar-refractivity contribution in [1.29, 1.82) is 0 Å². The van der Waals surface area contributed by atoms with Crippen LogP contribution in [0.15, 0.2) is 66.7 Å². The van der Waals surface area contributed by atoms with Gasteiger partial charge in [-0.15, -0.1) is 0 Å². The molecule has 0 saturated carbocycles. The van der Waals surface area contributed by atoms with E-state index in [1.165, 1.54) is 37.3 Å². The number of fused-ring (bicyclic) bond motifs is 3. The number of carboxylic acids is 1. The second-order valence-electron chi connectivity index (χ2n) is 20.7. The third-order valence-electron chi connectivity index (χ3n) is 14.2. The molecule has 3 aromatic rings. The average Bonchev–Trinajstić information content (AvgIpc) is 3.94. The van der Waals surface area contributed by atoms with Gasteiger partial charge in [0.1, 0.15) is 31.0 Å². The van der Waals surface area contributed by atoms with E-state index in [1.807, 2.05) is 62.4 Å². The minimum atomic E-state index is -1.78. The number of carbonyl (C=O) groups is 9. The standard InChI is InChI=1S/C58H76N4O19/c1-14-32(6)48(44(73-12)26-45(66)67)61(10)54(69)46(30(2)3)60-53(68)47(31(4)5)62(11)58(72)76-28-36-23-24-43(80-56-52(79-35(9)65)50(78-34(8)64)49(77-33(7)63)51(81-56)55(70)74-13)37(25-36)27-59-57(71)75-29-42-40-21-17-15-19-38(40)39-20-16-18-22-41(39)42/h15-25,30-32,42,44,46-52,56H,14,26-29H2,1-13H3,(H,59,71)(H,60,68)(H,66,67)/t32-,44+,46-,47-,48-,49-,50-,51-,52+,56+/m0/s1. The van der Waals surface area contributed by atoms with Gasteiger partial charge in [0, 0.05) is 60.0 Å². The van der Waals surface area contributed by atoms with E-state index in [1.54, 1.807) is 34.7 Å². The van der Waals surface area contributed by atoms with Crippen LogP contribution in [0.4, 0.5) is 9.59 Å². The smallest absolute Gasteiger partial charge is 0.410 e. The first kappa shape index (κ1) is 64.0. The molecule has 0 bridgehead atoms. The van der Waals surface area contributed by atoms with E-state index in [9.17, 15) is 48.3 Å². The number of likely N-dealkylation sites (N-methyl/N-ethyl adjacent to an activating group) is 2. The fourth-order valence-electron chi connectivity index (χ4n) is 10.3. The topological polar surface area (TPSA) is 287 Å². The SMILES string of the molecule is CC[C@H](C)[C@@H]([C@@H](CC(=O)O)OC)N(C)C(=O)[C@@H](NC(=O)[C@H](C(C)C)N(C)C(=O)OCc1ccc(O[C@@H]2O[C@H](C(=O)OC)[C@@H](OC(C)=O)[C@H](OC(C)=O)[C@H]2OC(C)=O)c(CNC(=O)OCC2c3ccccc3-c3ccccc32)c1)C(C)C. The number of hydrogen-bond acceptors (Lipinski definition) is 18. The summed E-state index contributed by atoms with van der Waals surface area (Å²) in [7, 11) is 5.35. The first-order valence-electron chi connectivity index (χ1n) is 26.7. The molecular weight excluding hydrogens is 1060 g/mol. The van der Waals surface area contributed by atoms with Crippen LogP contribution in [0.3, 0.4) is 0 Å². The van der Waals surface area contributed by atoms with Crippen LogP contribution in [0.2, 0.25) is 0 Å². The molecule has 23 nitrogen and oxygen atoms in total. The van der Waals surface area contributed by atoms with E-state index in [4.69, 9.17) is 42.6 Å². The van der Waals surface area contributed by atoms with E-state index in [0.29, 0.717) is 12.0 Å². The van der Waals surface area contributed by atoms with Crippen LogP contribution in [-0.2, 0) is 84.6 Å². The van der Waals surface area contributed by atoms with Crippen molar-refractivity contribution in [2.24, 2.45) is 17.8 Å². The molecule has 4 amide bonds. The van der Waals surface area contributed by atoms with Gasteiger partial charge in [0.05, 0.1) is 25.7 Å². The molecule has 1 saturated heterocycles. The number of methoxy groups -OCH3 is 2. The lowest BCUT2D eigenvalue weighted by Crippen LogP contribution is -2.64. The number of alkyl carbamates (subject to hydrolysis) is 1. The van der Waals surface area contributed by atoms with Crippen molar-refractivity contribution in [1.82, 2.24) is 20.4 Å². The molecule has 0 aromatic heterocycles. The number of ether oxygens (including phenoxy) is 9. The van der Waals surface area contributed by atoms with Crippen LogP contribution in [0, 0.1) is 17.8 Å². The van der Waals surface area contributed by atoms with E-state index in [2.05, 4.69) is 10.6 Å². The maximum absolute atomic E-state index is 14.3. The quantitative estimate of drug-likeness (QED) is 0.0658. The Hall–Kier alpha value is -7.79. The summed E-state index contributed by atoms with van der Waals surface area (Å²) in [6.07, 6.45) is -10.9. The normalized spacial score (nSPS) is 19.2. The molecule has 3 N–H and O–H groups in total. The number of benzene rings is 3. The lowest BCUT2D eigenvalue weighted by molar-refractivity contribution is -0.282. The summed E-state index contributed by atoms with van der Waals surface area (Å²) in [6, 6.07) is 17.2. The predicted octanol–water partition coefficient (Wildman–Crippen LogP) is 5.89. The largest absolute Gasteiger partial charge is 0.481 e. The number of nitrogens with one attached hydrogen (secondary N) is 2. The predicted molar refractivity (Wildman–Crippen MR) is 289 cm³/mol. The second-order valence-corrected chi connectivity index (χ2v) is 20.7. The van der Waals surface area contributed by atoms with Crippen LogP contribution >= 0.6 is 0 Å². The van der Waals surface area contributed by atoms with Crippen LogP contribution in [0.5, 0.6) is 5.75 Å². The number of hydrogen-bond donors (Lipinski definition) is 3. The third kappa shape index (κ3) is 16.2. The summed E-state index contributed by atoms with van der Waals surface area (Å²) in [5, 5.41) is 15.2. The van der Waals surface area contributed by atoms with Crippen molar-refractivity contribution in [3.63, 3.8) is 0 Å². The number of rotatable bonds is 25. The van der Waals surface area contributed by atoms with E-state index in [0.717, 1.165) is 55.0 Å². The number of carboxylic acid groups (broad SMARTS) is 1. The molecule has 5 rings (SSSR count). The van der Waals surface area contributed by atoms with Crippen LogP contribution in [-0.4, -0.2) is 159 Å². The van der Waals surface area contributed by atoms with Gasteiger partial charge in [-0.25, -0.2) is 14.4 Å². The molecule has 2 aliphatic rings. The molecule has 442 valence electrons. The summed E-state index contributed by atoms with van der Waals surface area (Å²) in [5.74, 6) is -7.42. The molecular formula is C58H76N4O19. The highest BCUT2D eigenvalue weighted by molar-refractivity contribution is 5.92. The Bertz CT molecular complexity index is 2700. The zero-order valence-electron chi connectivity index (χ0n) is 48.1. The summed E-state index contributed by atoms with van der Waals surface area (Å²) in [4.78, 5) is 121. The van der Waals surface area contributed by atoms with Gasteiger partial charge in [-0.05, 0) is 57.7 Å². The lowest BCUT2D eigenvalue weighted by Gasteiger charge is -2.43. The van der Waals surface area contributed by atoms with Gasteiger partial charge < -0.3 is 63.3 Å². The second kappa shape index (κ2) is 29.1. The highest BCUT2D eigenvalue weighted by atomic mass is 16.7. The molecule has 1 heterocycles. The zero-order valence-corrected chi connectivity index (χ0v) is 48.1. The molecule has 0 unspecified atom stereocenters. The van der Waals surface area contributed by atoms with Crippen molar-refractivity contribution in [3.05, 3.63) is 89.0 Å². The third-order valence-corrected chi connectivity index (χ3v) is 14.2. The van der Waals surface area contributed by atoms with E-state index < -0.39 is 127 Å². The van der Waals surface area contributed by atoms with Gasteiger partial charge in [-0.3, -0.25) is 33.7 Å².